The first kappa shape index (κ1) is 23.3. The van der Waals surface area contributed by atoms with Gasteiger partial charge in [-0.1, -0.05) is 87.5 Å². The maximum absolute atomic E-state index is 13.5. The van der Waals surface area contributed by atoms with Gasteiger partial charge in [-0.3, -0.25) is 14.5 Å². The van der Waals surface area contributed by atoms with E-state index in [0.29, 0.717) is 11.4 Å². The predicted octanol–water partition coefficient (Wildman–Crippen LogP) is 5.63. The van der Waals surface area contributed by atoms with Gasteiger partial charge in [0.05, 0.1) is 11.7 Å². The first-order valence-corrected chi connectivity index (χ1v) is 11.5. The van der Waals surface area contributed by atoms with Gasteiger partial charge < -0.3 is 10.1 Å². The molecule has 0 radical (unpaired) electrons. The second kappa shape index (κ2) is 9.56. The van der Waals surface area contributed by atoms with E-state index in [-0.39, 0.29) is 35.6 Å². The van der Waals surface area contributed by atoms with Crippen LogP contribution in [-0.2, 0) is 15.0 Å². The Hall–Kier alpha value is -3.86. The number of rotatable bonds is 5. The van der Waals surface area contributed by atoms with E-state index >= 15 is 0 Å². The molecule has 1 N–H and O–H groups in total. The first-order chi connectivity index (χ1) is 16.2. The van der Waals surface area contributed by atoms with E-state index < -0.39 is 0 Å². The van der Waals surface area contributed by atoms with Gasteiger partial charge in [0.15, 0.2) is 11.5 Å². The van der Waals surface area contributed by atoms with E-state index in [1.54, 1.807) is 6.08 Å². The highest BCUT2D eigenvalue weighted by atomic mass is 16.5. The topological polar surface area (TPSA) is 58.6 Å². The number of carbonyl (C=O) groups is 2. The fourth-order valence-electron chi connectivity index (χ4n) is 3.89. The Morgan fingerprint density at radius 2 is 1.65 bits per heavy atom. The molecule has 0 fully saturated rings. The average molecular weight is 455 g/mol. The third-order valence-electron chi connectivity index (χ3n) is 5.87. The highest BCUT2D eigenvalue weighted by molar-refractivity contribution is 6.12. The summed E-state index contributed by atoms with van der Waals surface area (Å²) in [6, 6.07) is 24.9. The summed E-state index contributed by atoms with van der Waals surface area (Å²) >= 11 is 0. The minimum atomic E-state index is -0.343. The average Bonchev–Trinajstić information content (AvgIpc) is 2.82. The van der Waals surface area contributed by atoms with Crippen LogP contribution in [0.2, 0.25) is 0 Å². The quantitative estimate of drug-likeness (QED) is 0.509. The summed E-state index contributed by atoms with van der Waals surface area (Å²) in [7, 11) is 0. The predicted molar refractivity (Wildman–Crippen MR) is 136 cm³/mol. The first-order valence-electron chi connectivity index (χ1n) is 11.5. The number of ether oxygens (including phenoxy) is 1. The molecule has 0 bridgehead atoms. The van der Waals surface area contributed by atoms with Crippen molar-refractivity contribution in [3.05, 3.63) is 101 Å². The minimum Gasteiger partial charge on any atom is -0.449 e. The van der Waals surface area contributed by atoms with Gasteiger partial charge in [0.2, 0.25) is 5.91 Å². The Balaban J connectivity index is 1.66. The third kappa shape index (κ3) is 5.20. The van der Waals surface area contributed by atoms with Crippen LogP contribution in [0, 0.1) is 0 Å². The second-order valence-electron chi connectivity index (χ2n) is 9.55. The zero-order valence-corrected chi connectivity index (χ0v) is 20.0. The molecule has 0 saturated carbocycles. The van der Waals surface area contributed by atoms with Crippen LogP contribution < -0.4 is 15.0 Å². The number of anilines is 1. The van der Waals surface area contributed by atoms with Crippen molar-refractivity contribution in [2.75, 3.05) is 11.4 Å². The number of benzene rings is 3. The van der Waals surface area contributed by atoms with Gasteiger partial charge >= 0.3 is 0 Å². The maximum Gasteiger partial charge on any atom is 0.294 e. The van der Waals surface area contributed by atoms with Gasteiger partial charge in [-0.2, -0.15) is 0 Å². The van der Waals surface area contributed by atoms with Crippen LogP contribution in [0.15, 0.2) is 84.6 Å². The molecular formula is C29H30N2O3. The molecule has 1 atom stereocenters. The molecule has 2 amide bonds. The molecule has 0 aromatic heterocycles. The summed E-state index contributed by atoms with van der Waals surface area (Å²) in [5, 5.41) is 3.01. The molecule has 174 valence electrons. The largest absolute Gasteiger partial charge is 0.449 e. The fraction of sp³-hybridized carbons (Fsp3) is 0.241. The molecule has 4 rings (SSSR count). The van der Waals surface area contributed by atoms with Crippen molar-refractivity contribution < 1.29 is 14.3 Å². The van der Waals surface area contributed by atoms with Crippen molar-refractivity contribution in [3.63, 3.8) is 0 Å². The summed E-state index contributed by atoms with van der Waals surface area (Å²) in [5.41, 5.74) is 3.40. The number of nitrogens with zero attached hydrogens (tertiary/aromatic N) is 1. The molecule has 1 unspecified atom stereocenters. The molecule has 5 nitrogen and oxygen atoms in total. The lowest BCUT2D eigenvalue weighted by Gasteiger charge is -2.32. The molecule has 0 spiro atoms. The van der Waals surface area contributed by atoms with Crippen molar-refractivity contribution in [3.8, 4) is 5.75 Å². The minimum absolute atomic E-state index is 0.105. The molecule has 34 heavy (non-hydrogen) atoms. The fourth-order valence-corrected chi connectivity index (χ4v) is 3.89. The van der Waals surface area contributed by atoms with Gasteiger partial charge in [0.1, 0.15) is 6.54 Å². The van der Waals surface area contributed by atoms with Crippen LogP contribution in [0.4, 0.5) is 5.69 Å². The Morgan fingerprint density at radius 1 is 1.00 bits per heavy atom. The van der Waals surface area contributed by atoms with Crippen molar-refractivity contribution in [2.45, 2.75) is 39.2 Å². The molecule has 0 saturated heterocycles. The van der Waals surface area contributed by atoms with Crippen LogP contribution in [0.25, 0.3) is 6.08 Å². The number of hydrogen-bond acceptors (Lipinski definition) is 3. The van der Waals surface area contributed by atoms with Crippen molar-refractivity contribution in [1.82, 2.24) is 5.32 Å². The van der Waals surface area contributed by atoms with Gasteiger partial charge in [-0.25, -0.2) is 0 Å². The lowest BCUT2D eigenvalue weighted by atomic mass is 9.86. The highest BCUT2D eigenvalue weighted by Crippen LogP contribution is 2.39. The number of fused-ring (bicyclic) bond motifs is 1. The molecule has 0 aliphatic carbocycles. The van der Waals surface area contributed by atoms with Gasteiger partial charge in [0.25, 0.3) is 5.91 Å². The van der Waals surface area contributed by atoms with Gasteiger partial charge in [-0.05, 0) is 47.2 Å². The SMILES string of the molecule is CC(NC(=O)CN1C(=O)/C(=C/c2ccccc2)Oc2ccc(C(C)(C)C)cc21)c1ccccc1. The molecule has 5 heteroatoms. The number of carbonyl (C=O) groups excluding carboxylic acids is 2. The zero-order chi connectivity index (χ0) is 24.3. The summed E-state index contributed by atoms with van der Waals surface area (Å²) < 4.78 is 6.02. The summed E-state index contributed by atoms with van der Waals surface area (Å²) in [6.07, 6.45) is 1.71. The Kier molecular flexibility index (Phi) is 6.55. The van der Waals surface area contributed by atoms with Crippen LogP contribution in [0.5, 0.6) is 5.75 Å². The molecule has 1 aliphatic heterocycles. The Bertz CT molecular complexity index is 1210. The van der Waals surface area contributed by atoms with E-state index in [1.165, 1.54) is 4.90 Å². The lowest BCUT2D eigenvalue weighted by molar-refractivity contribution is -0.123. The van der Waals surface area contributed by atoms with Crippen molar-refractivity contribution in [1.29, 1.82) is 0 Å². The maximum atomic E-state index is 13.5. The molecule has 3 aromatic rings. The van der Waals surface area contributed by atoms with Gasteiger partial charge in [0, 0.05) is 0 Å². The van der Waals surface area contributed by atoms with Crippen LogP contribution in [0.1, 0.15) is 50.4 Å². The lowest BCUT2D eigenvalue weighted by Crippen LogP contribution is -2.44. The monoisotopic (exact) mass is 454 g/mol. The van der Waals surface area contributed by atoms with E-state index in [4.69, 9.17) is 4.74 Å². The van der Waals surface area contributed by atoms with Crippen LogP contribution in [0.3, 0.4) is 0 Å². The standard InChI is InChI=1S/C29H30N2O3/c1-20(22-13-9-6-10-14-22)30-27(32)19-31-24-18-23(29(2,3)4)15-16-25(24)34-26(28(31)33)17-21-11-7-5-8-12-21/h5-18,20H,19H2,1-4H3,(H,30,32)/b26-17-. The summed E-state index contributed by atoms with van der Waals surface area (Å²) in [6.45, 7) is 8.16. The smallest absolute Gasteiger partial charge is 0.294 e. The summed E-state index contributed by atoms with van der Waals surface area (Å²) in [5.74, 6) is 0.160. The van der Waals surface area contributed by atoms with Crippen LogP contribution in [-0.4, -0.2) is 18.4 Å². The molecular weight excluding hydrogens is 424 g/mol. The molecule has 3 aromatic carbocycles. The van der Waals surface area contributed by atoms with E-state index in [9.17, 15) is 9.59 Å². The van der Waals surface area contributed by atoms with E-state index in [0.717, 1.165) is 16.7 Å². The second-order valence-corrected chi connectivity index (χ2v) is 9.55. The molecule has 1 heterocycles. The van der Waals surface area contributed by atoms with Gasteiger partial charge in [-0.15, -0.1) is 0 Å². The van der Waals surface area contributed by atoms with Crippen LogP contribution >= 0.6 is 0 Å². The normalized spacial score (nSPS) is 15.5. The van der Waals surface area contributed by atoms with E-state index in [2.05, 4.69) is 26.1 Å². The Labute approximate surface area is 201 Å². The van der Waals surface area contributed by atoms with Crippen molar-refractivity contribution >= 4 is 23.6 Å². The third-order valence-corrected chi connectivity index (χ3v) is 5.87. The highest BCUT2D eigenvalue weighted by Gasteiger charge is 2.33. The summed E-state index contributed by atoms with van der Waals surface area (Å²) in [4.78, 5) is 28.0. The van der Waals surface area contributed by atoms with Crippen molar-refractivity contribution in [2.24, 2.45) is 0 Å². The number of nitrogens with one attached hydrogen (secondary N) is 1. The van der Waals surface area contributed by atoms with E-state index in [1.807, 2.05) is 85.8 Å². The number of hydrogen-bond donors (Lipinski definition) is 1. The zero-order valence-electron chi connectivity index (χ0n) is 20.0. The molecule has 1 aliphatic rings. The Morgan fingerprint density at radius 3 is 2.29 bits per heavy atom. The number of amides is 2.